The lowest BCUT2D eigenvalue weighted by molar-refractivity contribution is -0.743. The number of hydrogen-bond acceptors (Lipinski definition) is 4. The maximum Gasteiger partial charge on any atom is 0.237 e. The van der Waals surface area contributed by atoms with E-state index in [9.17, 15) is 8.42 Å². The van der Waals surface area contributed by atoms with Gasteiger partial charge in [0.25, 0.3) is 0 Å². The third-order valence-corrected chi connectivity index (χ3v) is 6.89. The minimum Gasteiger partial charge on any atom is -0.492 e. The highest BCUT2D eigenvalue weighted by atomic mass is 35.5. The van der Waals surface area contributed by atoms with Gasteiger partial charge in [-0.05, 0) is 43.3 Å². The normalized spacial score (nSPS) is 19.9. The van der Waals surface area contributed by atoms with E-state index in [2.05, 4.69) is 11.2 Å². The maximum atomic E-state index is 13.1. The smallest absolute Gasteiger partial charge is 0.237 e. The van der Waals surface area contributed by atoms with Crippen molar-refractivity contribution in [1.82, 2.24) is 0 Å². The summed E-state index contributed by atoms with van der Waals surface area (Å²) in [7, 11) is -3.73. The quantitative estimate of drug-likeness (QED) is 0.619. The standard InChI is InChI=1S/C22H20ClN2O3S/c1-2-28-20-15-18(23)8-11-21(20)29(26,27)19-9-6-17(7-10-19)16-25-13-4-3-5-22(25)24-12-14-25/h3-15H,2,16H2,1H3/q+1. The summed E-state index contributed by atoms with van der Waals surface area (Å²) in [6.07, 6.45) is 11.8. The zero-order valence-electron chi connectivity index (χ0n) is 15.8. The van der Waals surface area contributed by atoms with Crippen LogP contribution in [0, 0.1) is 0 Å². The Morgan fingerprint density at radius 1 is 1.07 bits per heavy atom. The number of ether oxygens (including phenoxy) is 1. The molecule has 0 amide bonds. The van der Waals surface area contributed by atoms with Crippen molar-refractivity contribution < 1.29 is 17.6 Å². The molecular weight excluding hydrogens is 408 g/mol. The summed E-state index contributed by atoms with van der Waals surface area (Å²) in [5.41, 5.74) is 1.00. The highest BCUT2D eigenvalue weighted by molar-refractivity contribution is 7.91. The maximum absolute atomic E-state index is 13.1. The van der Waals surface area contributed by atoms with Crippen LogP contribution >= 0.6 is 11.6 Å². The zero-order valence-corrected chi connectivity index (χ0v) is 17.4. The first-order chi connectivity index (χ1) is 13.9. The van der Waals surface area contributed by atoms with E-state index in [0.717, 1.165) is 11.4 Å². The minimum atomic E-state index is -3.73. The van der Waals surface area contributed by atoms with Crippen LogP contribution in [0.1, 0.15) is 12.5 Å². The number of hydrogen-bond donors (Lipinski definition) is 0. The molecule has 2 aromatic rings. The van der Waals surface area contributed by atoms with E-state index in [-0.39, 0.29) is 15.5 Å². The third-order valence-electron chi connectivity index (χ3n) is 4.85. The lowest BCUT2D eigenvalue weighted by atomic mass is 10.1. The van der Waals surface area contributed by atoms with Gasteiger partial charge < -0.3 is 4.74 Å². The fraction of sp³-hybridized carbons (Fsp3) is 0.136. The molecule has 2 heterocycles. The van der Waals surface area contributed by atoms with E-state index < -0.39 is 9.84 Å². The molecule has 0 saturated carbocycles. The molecule has 0 fully saturated rings. The van der Waals surface area contributed by atoms with Crippen molar-refractivity contribution in [2.45, 2.75) is 23.3 Å². The molecule has 2 aromatic carbocycles. The molecule has 29 heavy (non-hydrogen) atoms. The molecule has 2 aliphatic heterocycles. The Kier molecular flexibility index (Phi) is 5.17. The van der Waals surface area contributed by atoms with Gasteiger partial charge in [-0.15, -0.1) is 0 Å². The second-order valence-corrected chi connectivity index (χ2v) is 9.10. The second-order valence-electron chi connectivity index (χ2n) is 6.75. The molecule has 1 atom stereocenters. The van der Waals surface area contributed by atoms with E-state index in [0.29, 0.717) is 22.7 Å². The van der Waals surface area contributed by atoms with Crippen LogP contribution in [0.4, 0.5) is 0 Å². The van der Waals surface area contributed by atoms with Crippen molar-refractivity contribution in [3.8, 4) is 5.75 Å². The molecule has 0 aromatic heterocycles. The van der Waals surface area contributed by atoms with Gasteiger partial charge in [-0.3, -0.25) is 0 Å². The molecule has 0 spiro atoms. The number of allylic oxidation sites excluding steroid dienone is 2. The Labute approximate surface area is 175 Å². The second kappa shape index (κ2) is 7.63. The van der Waals surface area contributed by atoms with Gasteiger partial charge in [-0.25, -0.2) is 12.9 Å². The Balaban J connectivity index is 1.63. The first kappa shape index (κ1) is 19.6. The Hall–Kier alpha value is -2.67. The van der Waals surface area contributed by atoms with Crippen LogP contribution in [0.5, 0.6) is 5.75 Å². The molecule has 4 rings (SSSR count). The molecule has 0 saturated heterocycles. The zero-order chi connectivity index (χ0) is 20.5. The fourth-order valence-electron chi connectivity index (χ4n) is 3.43. The summed E-state index contributed by atoms with van der Waals surface area (Å²) in [6, 6.07) is 11.5. The van der Waals surface area contributed by atoms with E-state index in [1.54, 1.807) is 31.3 Å². The molecule has 0 aliphatic carbocycles. The summed E-state index contributed by atoms with van der Waals surface area (Å²) in [6.45, 7) is 2.80. The van der Waals surface area contributed by atoms with E-state index >= 15 is 0 Å². The highest BCUT2D eigenvalue weighted by Crippen LogP contribution is 2.33. The summed E-state index contributed by atoms with van der Waals surface area (Å²) >= 11 is 6.00. The van der Waals surface area contributed by atoms with Crippen LogP contribution in [-0.4, -0.2) is 25.3 Å². The molecule has 1 unspecified atom stereocenters. The van der Waals surface area contributed by atoms with Crippen molar-refractivity contribution in [1.29, 1.82) is 0 Å². The van der Waals surface area contributed by atoms with Crippen LogP contribution in [0.2, 0.25) is 5.02 Å². The van der Waals surface area contributed by atoms with Crippen molar-refractivity contribution in [3.63, 3.8) is 0 Å². The van der Waals surface area contributed by atoms with Crippen molar-refractivity contribution in [2.75, 3.05) is 6.61 Å². The molecule has 0 bridgehead atoms. The number of sulfone groups is 1. The number of quaternary nitrogens is 1. The third kappa shape index (κ3) is 3.67. The lowest BCUT2D eigenvalue weighted by Crippen LogP contribution is -2.40. The van der Waals surface area contributed by atoms with E-state index in [4.69, 9.17) is 16.3 Å². The molecule has 148 valence electrons. The molecule has 5 nitrogen and oxygen atoms in total. The number of fused-ring (bicyclic) bond motifs is 1. The topological polar surface area (TPSA) is 55.7 Å². The van der Waals surface area contributed by atoms with Crippen molar-refractivity contribution in [3.05, 3.63) is 89.9 Å². The first-order valence-electron chi connectivity index (χ1n) is 9.20. The van der Waals surface area contributed by atoms with Gasteiger partial charge in [0.2, 0.25) is 15.7 Å². The van der Waals surface area contributed by atoms with Crippen LogP contribution in [0.15, 0.2) is 94.1 Å². The summed E-state index contributed by atoms with van der Waals surface area (Å²) in [5.74, 6) is 1.20. The molecule has 0 radical (unpaired) electrons. The van der Waals surface area contributed by atoms with E-state index in [1.165, 1.54) is 12.1 Å². The SMILES string of the molecule is CCOc1cc(Cl)ccc1S(=O)(=O)c1ccc(C[N+]23C=CC=CC2=NC=C3)cc1. The van der Waals surface area contributed by atoms with Gasteiger partial charge in [0.1, 0.15) is 29.6 Å². The Morgan fingerprint density at radius 2 is 1.86 bits per heavy atom. The molecular formula is C22H20ClN2O3S+. The number of amidine groups is 1. The molecule has 2 aliphatic rings. The Bertz CT molecular complexity index is 1170. The summed E-state index contributed by atoms with van der Waals surface area (Å²) < 4.78 is 32.3. The lowest BCUT2D eigenvalue weighted by Gasteiger charge is -2.28. The highest BCUT2D eigenvalue weighted by Gasteiger charge is 2.33. The first-order valence-corrected chi connectivity index (χ1v) is 11.1. The predicted molar refractivity (Wildman–Crippen MR) is 113 cm³/mol. The van der Waals surface area contributed by atoms with Gasteiger partial charge in [0.15, 0.2) is 0 Å². The summed E-state index contributed by atoms with van der Waals surface area (Å²) in [5, 5.41) is 0.427. The van der Waals surface area contributed by atoms with E-state index in [1.807, 2.05) is 36.6 Å². The van der Waals surface area contributed by atoms with Gasteiger partial charge in [-0.2, -0.15) is 4.99 Å². The van der Waals surface area contributed by atoms with Crippen LogP contribution < -0.4 is 4.74 Å². The predicted octanol–water partition coefficient (Wildman–Crippen LogP) is 4.86. The molecule has 0 N–H and O–H groups in total. The van der Waals surface area contributed by atoms with Gasteiger partial charge >= 0.3 is 0 Å². The van der Waals surface area contributed by atoms with Gasteiger partial charge in [0.05, 0.1) is 17.7 Å². The van der Waals surface area contributed by atoms with Gasteiger partial charge in [0, 0.05) is 22.7 Å². The fourth-order valence-corrected chi connectivity index (χ4v) is 4.97. The van der Waals surface area contributed by atoms with Gasteiger partial charge in [-0.1, -0.05) is 23.7 Å². The number of benzene rings is 2. The number of nitrogens with zero attached hydrogens (tertiary/aromatic N) is 2. The number of aliphatic imine (C=N–C) groups is 1. The summed E-state index contributed by atoms with van der Waals surface area (Å²) in [4.78, 5) is 4.73. The molecule has 7 heteroatoms. The van der Waals surface area contributed by atoms with Crippen LogP contribution in [0.3, 0.4) is 0 Å². The van der Waals surface area contributed by atoms with Crippen molar-refractivity contribution in [2.24, 2.45) is 4.99 Å². The monoisotopic (exact) mass is 427 g/mol. The number of rotatable bonds is 6. The van der Waals surface area contributed by atoms with Crippen LogP contribution in [-0.2, 0) is 16.4 Å². The Morgan fingerprint density at radius 3 is 2.62 bits per heavy atom. The van der Waals surface area contributed by atoms with Crippen molar-refractivity contribution >= 4 is 27.3 Å². The van der Waals surface area contributed by atoms with Crippen LogP contribution in [0.25, 0.3) is 0 Å². The minimum absolute atomic E-state index is 0.111. The average Bonchev–Trinajstić information content (AvgIpc) is 3.12. The number of halogens is 1. The largest absolute Gasteiger partial charge is 0.492 e. The average molecular weight is 428 g/mol.